The molecule has 154 valence electrons. The number of nitro benzene ring substituents is 2. The lowest BCUT2D eigenvalue weighted by molar-refractivity contribution is -0.385. The monoisotopic (exact) mass is 428 g/mol. The Morgan fingerprint density at radius 3 is 2.40 bits per heavy atom. The number of rotatable bonds is 7. The van der Waals surface area contributed by atoms with Crippen LogP contribution in [0.4, 0.5) is 11.4 Å². The van der Waals surface area contributed by atoms with Crippen molar-refractivity contribution in [1.82, 2.24) is 20.1 Å². The van der Waals surface area contributed by atoms with Gasteiger partial charge in [-0.2, -0.15) is 0 Å². The molecule has 0 radical (unpaired) electrons. The Balaban J connectivity index is 1.83. The molecule has 0 unspecified atom stereocenters. The number of hydrogen-bond acceptors (Lipinski definition) is 8. The van der Waals surface area contributed by atoms with Crippen molar-refractivity contribution < 1.29 is 14.6 Å². The summed E-state index contributed by atoms with van der Waals surface area (Å²) in [7, 11) is 0. The molecule has 11 nitrogen and oxygen atoms in total. The summed E-state index contributed by atoms with van der Waals surface area (Å²) in [5.41, 5.74) is 1.03. The maximum atomic E-state index is 12.5. The van der Waals surface area contributed by atoms with Crippen molar-refractivity contribution in [2.75, 3.05) is 6.26 Å². The van der Waals surface area contributed by atoms with Gasteiger partial charge in [0.2, 0.25) is 0 Å². The molecule has 3 rings (SSSR count). The number of nitrogens with one attached hydrogen (secondary N) is 1. The lowest BCUT2D eigenvalue weighted by Crippen LogP contribution is -2.24. The maximum Gasteiger partial charge on any atom is 0.273 e. The van der Waals surface area contributed by atoms with Crippen LogP contribution >= 0.6 is 11.8 Å². The van der Waals surface area contributed by atoms with Gasteiger partial charge in [-0.05, 0) is 31.4 Å². The second-order valence-corrected chi connectivity index (χ2v) is 6.93. The van der Waals surface area contributed by atoms with Gasteiger partial charge in [0, 0.05) is 35.0 Å². The molecule has 1 heterocycles. The number of nitro groups is 2. The van der Waals surface area contributed by atoms with Crippen LogP contribution < -0.4 is 5.32 Å². The van der Waals surface area contributed by atoms with E-state index in [1.807, 2.05) is 0 Å². The number of aryl methyl sites for hydroxylation is 1. The van der Waals surface area contributed by atoms with E-state index in [4.69, 9.17) is 0 Å². The molecule has 0 fully saturated rings. The highest BCUT2D eigenvalue weighted by atomic mass is 32.2. The van der Waals surface area contributed by atoms with Crippen molar-refractivity contribution in [2.24, 2.45) is 0 Å². The van der Waals surface area contributed by atoms with Crippen LogP contribution in [0.3, 0.4) is 0 Å². The van der Waals surface area contributed by atoms with Crippen molar-refractivity contribution in [3.8, 4) is 5.69 Å². The summed E-state index contributed by atoms with van der Waals surface area (Å²) in [6.45, 7) is 1.60. The molecule has 0 atom stereocenters. The summed E-state index contributed by atoms with van der Waals surface area (Å²) < 4.78 is 1.67. The Labute approximate surface area is 174 Å². The lowest BCUT2D eigenvalue weighted by Gasteiger charge is -2.10. The average molecular weight is 428 g/mol. The second kappa shape index (κ2) is 8.69. The first-order valence-corrected chi connectivity index (χ1v) is 9.80. The van der Waals surface area contributed by atoms with Crippen LogP contribution in [0.2, 0.25) is 0 Å². The van der Waals surface area contributed by atoms with Gasteiger partial charge >= 0.3 is 0 Å². The van der Waals surface area contributed by atoms with Gasteiger partial charge < -0.3 is 5.32 Å². The SMILES string of the molecule is CSc1nnc(CNC(=O)c2ccc(C)c([N+](=O)[O-])c2)n1-c1ccc([N+](=O)[O-])cc1. The van der Waals surface area contributed by atoms with Crippen LogP contribution in [0.15, 0.2) is 47.6 Å². The molecular formula is C18H16N6O5S. The number of aromatic nitrogens is 3. The fourth-order valence-corrected chi connectivity index (χ4v) is 3.25. The van der Waals surface area contributed by atoms with Crippen molar-refractivity contribution in [3.63, 3.8) is 0 Å². The normalized spacial score (nSPS) is 10.6. The van der Waals surface area contributed by atoms with Crippen LogP contribution in [0.5, 0.6) is 0 Å². The molecule has 0 aliphatic heterocycles. The predicted octanol–water partition coefficient (Wildman–Crippen LogP) is 3.04. The number of carbonyl (C=O) groups is 1. The van der Waals surface area contributed by atoms with Crippen LogP contribution in [0, 0.1) is 27.2 Å². The van der Waals surface area contributed by atoms with E-state index in [2.05, 4.69) is 15.5 Å². The van der Waals surface area contributed by atoms with E-state index in [0.717, 1.165) is 0 Å². The Morgan fingerprint density at radius 2 is 1.80 bits per heavy atom. The second-order valence-electron chi connectivity index (χ2n) is 6.15. The third-order valence-electron chi connectivity index (χ3n) is 4.28. The minimum Gasteiger partial charge on any atom is -0.345 e. The highest BCUT2D eigenvalue weighted by molar-refractivity contribution is 7.98. The van der Waals surface area contributed by atoms with Gasteiger partial charge in [-0.25, -0.2) is 0 Å². The van der Waals surface area contributed by atoms with E-state index in [1.54, 1.807) is 29.9 Å². The Hall–Kier alpha value is -3.80. The van der Waals surface area contributed by atoms with E-state index in [9.17, 15) is 25.0 Å². The number of nitrogens with zero attached hydrogens (tertiary/aromatic N) is 5. The van der Waals surface area contributed by atoms with E-state index in [0.29, 0.717) is 22.2 Å². The Kier molecular flexibility index (Phi) is 6.06. The maximum absolute atomic E-state index is 12.5. The zero-order chi connectivity index (χ0) is 21.8. The quantitative estimate of drug-likeness (QED) is 0.343. The molecule has 0 saturated carbocycles. The van der Waals surface area contributed by atoms with Crippen LogP contribution in [0.25, 0.3) is 5.69 Å². The highest BCUT2D eigenvalue weighted by Crippen LogP contribution is 2.23. The highest BCUT2D eigenvalue weighted by Gasteiger charge is 2.18. The molecule has 0 spiro atoms. The van der Waals surface area contributed by atoms with Gasteiger partial charge in [0.05, 0.1) is 16.4 Å². The molecule has 30 heavy (non-hydrogen) atoms. The topological polar surface area (TPSA) is 146 Å². The number of hydrogen-bond donors (Lipinski definition) is 1. The zero-order valence-corrected chi connectivity index (χ0v) is 16.8. The summed E-state index contributed by atoms with van der Waals surface area (Å²) in [6, 6.07) is 10.1. The molecule has 12 heteroatoms. The first-order valence-electron chi connectivity index (χ1n) is 8.58. The van der Waals surface area contributed by atoms with Crippen molar-refractivity contribution in [3.05, 3.63) is 79.6 Å². The molecule has 1 aromatic heterocycles. The summed E-state index contributed by atoms with van der Waals surface area (Å²) in [5, 5.41) is 33.3. The van der Waals surface area contributed by atoms with E-state index < -0.39 is 15.8 Å². The Morgan fingerprint density at radius 1 is 1.10 bits per heavy atom. The number of carbonyl (C=O) groups excluding carboxylic acids is 1. The van der Waals surface area contributed by atoms with Gasteiger partial charge in [0.15, 0.2) is 11.0 Å². The molecular weight excluding hydrogens is 412 g/mol. The average Bonchev–Trinajstić information content (AvgIpc) is 3.15. The van der Waals surface area contributed by atoms with Gasteiger partial charge in [-0.3, -0.25) is 29.6 Å². The standard InChI is InChI=1S/C18H16N6O5S/c1-11-3-4-12(9-15(11)24(28)29)17(25)19-10-16-20-21-18(30-2)22(16)13-5-7-14(8-6-13)23(26)27/h3-9H,10H2,1-2H3,(H,19,25). The molecule has 3 aromatic rings. The first kappa shape index (κ1) is 20.9. The van der Waals surface area contributed by atoms with Gasteiger partial charge in [-0.15, -0.1) is 10.2 Å². The van der Waals surface area contributed by atoms with Crippen molar-refractivity contribution in [2.45, 2.75) is 18.6 Å². The molecule has 1 amide bonds. The summed E-state index contributed by atoms with van der Waals surface area (Å²) in [4.78, 5) is 33.4. The fraction of sp³-hybridized carbons (Fsp3) is 0.167. The first-order chi connectivity index (χ1) is 14.3. The Bertz CT molecular complexity index is 1130. The fourth-order valence-electron chi connectivity index (χ4n) is 2.74. The third kappa shape index (κ3) is 4.27. The van der Waals surface area contributed by atoms with Gasteiger partial charge in [-0.1, -0.05) is 17.8 Å². The van der Waals surface area contributed by atoms with Crippen molar-refractivity contribution >= 4 is 29.0 Å². The number of non-ortho nitro benzene ring substituents is 1. The predicted molar refractivity (Wildman–Crippen MR) is 109 cm³/mol. The van der Waals surface area contributed by atoms with Crippen molar-refractivity contribution in [1.29, 1.82) is 0 Å². The number of amides is 1. The molecule has 0 bridgehead atoms. The van der Waals surface area contributed by atoms with E-state index in [1.165, 1.54) is 42.1 Å². The van der Waals surface area contributed by atoms with Gasteiger partial charge in [0.25, 0.3) is 17.3 Å². The van der Waals surface area contributed by atoms with E-state index >= 15 is 0 Å². The minimum absolute atomic E-state index is 0.00501. The largest absolute Gasteiger partial charge is 0.345 e. The zero-order valence-electron chi connectivity index (χ0n) is 15.9. The minimum atomic E-state index is -0.540. The summed E-state index contributed by atoms with van der Waals surface area (Å²) in [6.07, 6.45) is 1.81. The van der Waals surface area contributed by atoms with Gasteiger partial charge in [0.1, 0.15) is 0 Å². The smallest absolute Gasteiger partial charge is 0.273 e. The summed E-state index contributed by atoms with van der Waals surface area (Å²) >= 11 is 1.33. The van der Waals surface area contributed by atoms with Crippen LogP contribution in [-0.4, -0.2) is 36.8 Å². The number of benzene rings is 2. The summed E-state index contributed by atoms with van der Waals surface area (Å²) in [5.74, 6) is -0.0924. The van der Waals surface area contributed by atoms with E-state index in [-0.39, 0.29) is 23.5 Å². The molecule has 0 saturated heterocycles. The number of thioether (sulfide) groups is 1. The van der Waals surface area contributed by atoms with Crippen LogP contribution in [-0.2, 0) is 6.54 Å². The molecule has 0 aliphatic rings. The molecule has 2 aromatic carbocycles. The third-order valence-corrected chi connectivity index (χ3v) is 4.91. The molecule has 0 aliphatic carbocycles. The molecule has 1 N–H and O–H groups in total. The lowest BCUT2D eigenvalue weighted by atomic mass is 10.1. The van der Waals surface area contributed by atoms with Crippen LogP contribution in [0.1, 0.15) is 21.7 Å².